The van der Waals surface area contributed by atoms with Crippen molar-refractivity contribution in [3.8, 4) is 6.07 Å². The molecule has 1 unspecified atom stereocenters. The van der Waals surface area contributed by atoms with Crippen LogP contribution in [0.15, 0.2) is 0 Å². The van der Waals surface area contributed by atoms with Gasteiger partial charge in [0.15, 0.2) is 0 Å². The van der Waals surface area contributed by atoms with Crippen molar-refractivity contribution in [3.63, 3.8) is 0 Å². The highest BCUT2D eigenvalue weighted by Gasteiger charge is 1.82. The third-order valence-electron chi connectivity index (χ3n) is 0.600. The largest absolute Gasteiger partial charge is 0.772 e. The van der Waals surface area contributed by atoms with Crippen molar-refractivity contribution in [2.45, 2.75) is 12.8 Å². The second-order valence-corrected chi connectivity index (χ2v) is 2.29. The van der Waals surface area contributed by atoms with Gasteiger partial charge in [0.1, 0.15) is 0 Å². The summed E-state index contributed by atoms with van der Waals surface area (Å²) in [5.41, 5.74) is 0. The number of hydrogen-bond donors (Lipinski definition) is 0. The van der Waals surface area contributed by atoms with Crippen LogP contribution in [-0.2, 0) is 11.1 Å². The SMILES string of the molecule is N#CCCCS(=O)[O-]. The van der Waals surface area contributed by atoms with Gasteiger partial charge < -0.3 is 4.55 Å². The van der Waals surface area contributed by atoms with Gasteiger partial charge >= 0.3 is 0 Å². The van der Waals surface area contributed by atoms with Crippen molar-refractivity contribution in [2.75, 3.05) is 5.75 Å². The molecular weight excluding hydrogens is 126 g/mol. The summed E-state index contributed by atoms with van der Waals surface area (Å²) in [6.45, 7) is 0. The molecule has 0 radical (unpaired) electrons. The Morgan fingerprint density at radius 3 is 2.75 bits per heavy atom. The summed E-state index contributed by atoms with van der Waals surface area (Å²) in [5.74, 6) is 0.105. The first-order valence-electron chi connectivity index (χ1n) is 2.20. The fraction of sp³-hybridized carbons (Fsp3) is 0.750. The predicted octanol–water partition coefficient (Wildman–Crippen LogP) is 0.169. The van der Waals surface area contributed by atoms with Crippen LogP contribution in [0.2, 0.25) is 0 Å². The van der Waals surface area contributed by atoms with Crippen LogP contribution in [0.25, 0.3) is 0 Å². The van der Waals surface area contributed by atoms with Crippen LogP contribution in [-0.4, -0.2) is 14.5 Å². The predicted molar refractivity (Wildman–Crippen MR) is 28.6 cm³/mol. The molecule has 0 saturated heterocycles. The van der Waals surface area contributed by atoms with E-state index in [2.05, 4.69) is 0 Å². The summed E-state index contributed by atoms with van der Waals surface area (Å²) in [4.78, 5) is 0. The molecule has 0 bridgehead atoms. The Bertz CT molecular complexity index is 118. The molecule has 0 rings (SSSR count). The lowest BCUT2D eigenvalue weighted by atomic mass is 10.4. The van der Waals surface area contributed by atoms with Crippen LogP contribution in [0.3, 0.4) is 0 Å². The van der Waals surface area contributed by atoms with Gasteiger partial charge in [0, 0.05) is 12.2 Å². The molecule has 0 aromatic carbocycles. The van der Waals surface area contributed by atoms with Gasteiger partial charge in [-0.05, 0) is 6.42 Å². The van der Waals surface area contributed by atoms with Gasteiger partial charge in [0.2, 0.25) is 0 Å². The lowest BCUT2D eigenvalue weighted by molar-refractivity contribution is 0.535. The fourth-order valence-electron chi connectivity index (χ4n) is 0.269. The highest BCUT2D eigenvalue weighted by Crippen LogP contribution is 1.86. The lowest BCUT2D eigenvalue weighted by Gasteiger charge is -1.99. The van der Waals surface area contributed by atoms with Crippen LogP contribution in [0, 0.1) is 11.3 Å². The molecule has 0 amide bonds. The Kier molecular flexibility index (Phi) is 4.51. The number of nitrogens with zero attached hydrogens (tertiary/aromatic N) is 1. The standard InChI is InChI=1S/C4H7NO2S/c5-3-1-2-4-8(6)7/h1-2,4H2,(H,6,7)/p-1. The first-order valence-corrected chi connectivity index (χ1v) is 3.44. The Morgan fingerprint density at radius 2 is 2.38 bits per heavy atom. The Hall–Kier alpha value is -0.400. The summed E-state index contributed by atoms with van der Waals surface area (Å²) < 4.78 is 19.5. The van der Waals surface area contributed by atoms with E-state index in [-0.39, 0.29) is 5.75 Å². The van der Waals surface area contributed by atoms with Crippen molar-refractivity contribution >= 4 is 11.1 Å². The summed E-state index contributed by atoms with van der Waals surface area (Å²) in [5, 5.41) is 7.93. The molecule has 0 N–H and O–H groups in total. The molecule has 8 heavy (non-hydrogen) atoms. The van der Waals surface area contributed by atoms with Crippen LogP contribution in [0.4, 0.5) is 0 Å². The van der Waals surface area contributed by atoms with E-state index in [4.69, 9.17) is 5.26 Å². The van der Waals surface area contributed by atoms with E-state index in [1.54, 1.807) is 0 Å². The number of unbranched alkanes of at least 4 members (excludes halogenated alkanes) is 1. The van der Waals surface area contributed by atoms with Gasteiger partial charge in [-0.1, -0.05) is 11.1 Å². The van der Waals surface area contributed by atoms with Gasteiger partial charge in [-0.2, -0.15) is 5.26 Å². The lowest BCUT2D eigenvalue weighted by Crippen LogP contribution is -1.93. The van der Waals surface area contributed by atoms with Crippen LogP contribution in [0.5, 0.6) is 0 Å². The zero-order valence-corrected chi connectivity index (χ0v) is 5.11. The maximum absolute atomic E-state index is 9.76. The van der Waals surface area contributed by atoms with Gasteiger partial charge in [0.25, 0.3) is 0 Å². The molecule has 1 atom stereocenters. The third-order valence-corrected chi connectivity index (χ3v) is 1.22. The Balaban J connectivity index is 2.97. The molecule has 0 heterocycles. The molecule has 0 aliphatic carbocycles. The van der Waals surface area contributed by atoms with Crippen LogP contribution in [0.1, 0.15) is 12.8 Å². The number of nitriles is 1. The second-order valence-electron chi connectivity index (χ2n) is 1.27. The molecule has 46 valence electrons. The molecule has 0 aromatic heterocycles. The average Bonchev–Trinajstić information content (AvgIpc) is 1.66. The zero-order chi connectivity index (χ0) is 6.41. The van der Waals surface area contributed by atoms with Gasteiger partial charge in [0.05, 0.1) is 6.07 Å². The zero-order valence-electron chi connectivity index (χ0n) is 4.29. The molecular formula is C4H6NO2S-. The topological polar surface area (TPSA) is 63.9 Å². The molecule has 0 aromatic rings. The first kappa shape index (κ1) is 7.60. The first-order chi connectivity index (χ1) is 3.77. The van der Waals surface area contributed by atoms with Gasteiger partial charge in [-0.25, -0.2) is 0 Å². The Labute approximate surface area is 50.6 Å². The van der Waals surface area contributed by atoms with Crippen LogP contribution >= 0.6 is 0 Å². The molecule has 0 aliphatic rings. The quantitative estimate of drug-likeness (QED) is 0.406. The minimum atomic E-state index is -1.97. The van der Waals surface area contributed by atoms with E-state index in [1.165, 1.54) is 0 Å². The molecule has 0 aliphatic heterocycles. The highest BCUT2D eigenvalue weighted by atomic mass is 32.2. The maximum Gasteiger partial charge on any atom is 0.0622 e. The van der Waals surface area contributed by atoms with Crippen molar-refractivity contribution in [2.24, 2.45) is 0 Å². The molecule has 4 heteroatoms. The molecule has 3 nitrogen and oxygen atoms in total. The van der Waals surface area contributed by atoms with Gasteiger partial charge in [-0.15, -0.1) is 0 Å². The molecule has 0 saturated carbocycles. The normalized spacial score (nSPS) is 12.5. The van der Waals surface area contributed by atoms with Crippen molar-refractivity contribution in [3.05, 3.63) is 0 Å². The maximum atomic E-state index is 9.76. The van der Waals surface area contributed by atoms with Crippen LogP contribution < -0.4 is 0 Å². The van der Waals surface area contributed by atoms with Gasteiger partial charge in [-0.3, -0.25) is 4.21 Å². The summed E-state index contributed by atoms with van der Waals surface area (Å²) in [7, 11) is 0. The summed E-state index contributed by atoms with van der Waals surface area (Å²) >= 11 is -1.97. The van der Waals surface area contributed by atoms with E-state index in [0.29, 0.717) is 12.8 Å². The molecule has 0 fully saturated rings. The molecule has 0 spiro atoms. The minimum Gasteiger partial charge on any atom is -0.772 e. The third kappa shape index (κ3) is 5.60. The smallest absolute Gasteiger partial charge is 0.0622 e. The van der Waals surface area contributed by atoms with E-state index in [9.17, 15) is 8.76 Å². The minimum absolute atomic E-state index is 0.105. The summed E-state index contributed by atoms with van der Waals surface area (Å²) in [6, 6.07) is 1.85. The fourth-order valence-corrected chi connectivity index (χ4v) is 0.649. The van der Waals surface area contributed by atoms with Crippen molar-refractivity contribution < 1.29 is 8.76 Å². The van der Waals surface area contributed by atoms with E-state index in [1.807, 2.05) is 6.07 Å². The van der Waals surface area contributed by atoms with Crippen molar-refractivity contribution in [1.82, 2.24) is 0 Å². The van der Waals surface area contributed by atoms with E-state index in [0.717, 1.165) is 0 Å². The van der Waals surface area contributed by atoms with E-state index < -0.39 is 11.1 Å². The van der Waals surface area contributed by atoms with E-state index >= 15 is 0 Å². The second kappa shape index (κ2) is 4.75. The number of hydrogen-bond acceptors (Lipinski definition) is 3. The monoisotopic (exact) mass is 132 g/mol. The highest BCUT2D eigenvalue weighted by molar-refractivity contribution is 7.79. The number of rotatable bonds is 3. The Morgan fingerprint density at radius 1 is 1.75 bits per heavy atom. The summed E-state index contributed by atoms with van der Waals surface area (Å²) in [6.07, 6.45) is 0.778. The average molecular weight is 132 g/mol. The van der Waals surface area contributed by atoms with Crippen molar-refractivity contribution in [1.29, 1.82) is 5.26 Å².